The number of aryl methyl sites for hydroxylation is 8. The van der Waals surface area contributed by atoms with Crippen LogP contribution in [0.2, 0.25) is 0 Å². The van der Waals surface area contributed by atoms with E-state index < -0.39 is 22.6 Å². The highest BCUT2D eigenvalue weighted by Gasteiger charge is 2.37. The van der Waals surface area contributed by atoms with Crippen LogP contribution in [0.3, 0.4) is 0 Å². The Labute approximate surface area is 543 Å². The predicted octanol–water partition coefficient (Wildman–Crippen LogP) is 25.2. The van der Waals surface area contributed by atoms with Crippen LogP contribution in [0.4, 0.5) is 0 Å². The SMILES string of the molecule is CCCCCc1cc(CCCCC)c2c(c1)Cc1cc(CCCCC)cc(CCCCC)c1OP1Oc3ccccc3C(C)(C)c3ccccc3OP(O2)Oc2c(CCCCC)cc(CCCCC)cc2Cc2cc(CCCCC)cc(CCCCC)c2O1. The fourth-order valence-electron chi connectivity index (χ4n) is 13.5. The molecule has 6 nitrogen and oxygen atoms in total. The molecule has 0 fully saturated rings. The Morgan fingerprint density at radius 1 is 0.292 bits per heavy atom. The van der Waals surface area contributed by atoms with Gasteiger partial charge in [-0.3, -0.25) is 0 Å². The average Bonchev–Trinajstić information content (AvgIpc) is 1.84. The molecule has 9 rings (SSSR count). The molecular formula is C81H114O6P2. The summed E-state index contributed by atoms with van der Waals surface area (Å²) in [5.74, 6) is 5.03. The first-order valence-corrected chi connectivity index (χ1v) is 38.2. The Bertz CT molecular complexity index is 2750. The quantitative estimate of drug-likeness (QED) is 0.0310. The van der Waals surface area contributed by atoms with Crippen molar-refractivity contribution in [3.63, 3.8) is 0 Å². The van der Waals surface area contributed by atoms with E-state index in [0.29, 0.717) is 12.8 Å². The van der Waals surface area contributed by atoms with Crippen molar-refractivity contribution in [3.8, 4) is 34.5 Å². The van der Waals surface area contributed by atoms with Gasteiger partial charge in [0.05, 0.1) is 0 Å². The zero-order valence-corrected chi connectivity index (χ0v) is 58.9. The minimum absolute atomic E-state index is 0.599. The number of para-hydroxylation sites is 2. The van der Waals surface area contributed by atoms with E-state index in [2.05, 4.69) is 166 Å². The normalized spacial score (nSPS) is 15.3. The summed E-state index contributed by atoms with van der Waals surface area (Å²) in [6.45, 7) is 23.1. The summed E-state index contributed by atoms with van der Waals surface area (Å²) in [5.41, 5.74) is 16.4. The van der Waals surface area contributed by atoms with Crippen molar-refractivity contribution in [2.75, 3.05) is 0 Å². The standard InChI is InChI=1S/C81H114O6P2/c1-11-19-27-39-61-51-65(43-31-23-15-5)77-69(55-61)59-70-56-62(40-28-20-12-2)52-66(44-32-24-16-6)78(70)85-89-83-76-50-38-36-48-74(76)81(9,10)73-47-35-37-49-75(73)82-88(84-77)86-79-67(45-33-25-17-7)53-63(41-29-21-13-3)57-71(79)60-72-58-64(42-30-22-14-4)54-68(80(72)87-89)46-34-26-18-8/h35-38,47-58H,11-34,39-46,59-60H2,1-10H3. The van der Waals surface area contributed by atoms with Crippen molar-refractivity contribution < 1.29 is 27.1 Å². The molecular weight excluding hydrogens is 1130 g/mol. The molecule has 0 amide bonds. The molecule has 2 bridgehead atoms. The summed E-state index contributed by atoms with van der Waals surface area (Å²) >= 11 is 0. The van der Waals surface area contributed by atoms with E-state index in [-0.39, 0.29) is 0 Å². The molecule has 484 valence electrons. The lowest BCUT2D eigenvalue weighted by Crippen LogP contribution is -2.22. The summed E-state index contributed by atoms with van der Waals surface area (Å²) in [5, 5.41) is 0. The lowest BCUT2D eigenvalue weighted by molar-refractivity contribution is 0.369. The fourth-order valence-corrected chi connectivity index (χ4v) is 15.8. The zero-order valence-electron chi connectivity index (χ0n) is 57.1. The Hall–Kier alpha value is -5.02. The van der Waals surface area contributed by atoms with E-state index in [4.69, 9.17) is 27.1 Å². The van der Waals surface area contributed by atoms with Gasteiger partial charge in [-0.15, -0.1) is 0 Å². The van der Waals surface area contributed by atoms with Gasteiger partial charge >= 0.3 is 17.2 Å². The zero-order chi connectivity index (χ0) is 62.8. The highest BCUT2D eigenvalue weighted by Crippen LogP contribution is 2.55. The molecule has 8 heteroatoms. The van der Waals surface area contributed by atoms with Gasteiger partial charge in [-0.25, -0.2) is 0 Å². The molecule has 6 aromatic carbocycles. The number of unbranched alkanes of at least 4 members (excludes halogenated alkanes) is 16. The Kier molecular flexibility index (Phi) is 28.9. The van der Waals surface area contributed by atoms with Gasteiger partial charge < -0.3 is 27.1 Å². The van der Waals surface area contributed by atoms with Crippen molar-refractivity contribution in [2.24, 2.45) is 0 Å². The number of hydrogen-bond donors (Lipinski definition) is 0. The monoisotopic (exact) mass is 1240 g/mol. The van der Waals surface area contributed by atoms with E-state index in [0.717, 1.165) is 222 Å². The maximum Gasteiger partial charge on any atom is 0.530 e. The van der Waals surface area contributed by atoms with Crippen LogP contribution >= 0.6 is 17.2 Å². The molecule has 0 N–H and O–H groups in total. The van der Waals surface area contributed by atoms with Crippen LogP contribution < -0.4 is 27.1 Å². The first-order chi connectivity index (χ1) is 43.5. The molecule has 89 heavy (non-hydrogen) atoms. The molecule has 0 saturated carbocycles. The van der Waals surface area contributed by atoms with E-state index >= 15 is 0 Å². The van der Waals surface area contributed by atoms with Gasteiger partial charge in [-0.05, 0) is 182 Å². The maximum atomic E-state index is 7.98. The van der Waals surface area contributed by atoms with E-state index in [1.807, 2.05) is 0 Å². The molecule has 0 spiro atoms. The van der Waals surface area contributed by atoms with E-state index in [1.165, 1.54) is 95.9 Å². The van der Waals surface area contributed by atoms with E-state index in [9.17, 15) is 0 Å². The van der Waals surface area contributed by atoms with Crippen molar-refractivity contribution in [1.29, 1.82) is 0 Å². The molecule has 0 aromatic heterocycles. The van der Waals surface area contributed by atoms with Gasteiger partial charge in [-0.1, -0.05) is 257 Å². The van der Waals surface area contributed by atoms with Crippen LogP contribution in [-0.4, -0.2) is 0 Å². The fraction of sp³-hybridized carbons (Fsp3) is 0.556. The van der Waals surface area contributed by atoms with Crippen LogP contribution in [0, 0.1) is 0 Å². The minimum Gasteiger partial charge on any atom is -0.408 e. The topological polar surface area (TPSA) is 55.4 Å². The highest BCUT2D eigenvalue weighted by atomic mass is 31.2. The molecule has 0 unspecified atom stereocenters. The van der Waals surface area contributed by atoms with Gasteiger partial charge in [0.25, 0.3) is 0 Å². The third-order valence-corrected chi connectivity index (χ3v) is 20.6. The van der Waals surface area contributed by atoms with Gasteiger partial charge in [-0.2, -0.15) is 0 Å². The number of hydrogen-bond acceptors (Lipinski definition) is 6. The lowest BCUT2D eigenvalue weighted by Gasteiger charge is -2.32. The van der Waals surface area contributed by atoms with Gasteiger partial charge in [0.15, 0.2) is 0 Å². The number of benzene rings is 6. The number of rotatable bonds is 32. The molecule has 3 heterocycles. The minimum atomic E-state index is -2.18. The second-order valence-electron chi connectivity index (χ2n) is 26.6. The van der Waals surface area contributed by atoms with Crippen molar-refractivity contribution in [3.05, 3.63) is 175 Å². The summed E-state index contributed by atoms with van der Waals surface area (Å²) < 4.78 is 47.4. The Morgan fingerprint density at radius 2 is 0.528 bits per heavy atom. The molecule has 0 atom stereocenters. The Balaban J connectivity index is 1.54. The molecule has 3 aliphatic rings. The molecule has 3 aliphatic heterocycles. The Morgan fingerprint density at radius 3 is 0.775 bits per heavy atom. The van der Waals surface area contributed by atoms with Crippen molar-refractivity contribution in [1.82, 2.24) is 0 Å². The third-order valence-electron chi connectivity index (χ3n) is 18.6. The summed E-state index contributed by atoms with van der Waals surface area (Å²) in [4.78, 5) is 0. The summed E-state index contributed by atoms with van der Waals surface area (Å²) in [6.07, 6.45) is 36.2. The second-order valence-corrected chi connectivity index (χ2v) is 28.6. The average molecular weight is 1250 g/mol. The highest BCUT2D eigenvalue weighted by molar-refractivity contribution is 7.43. The van der Waals surface area contributed by atoms with Gasteiger partial charge in [0.1, 0.15) is 34.5 Å². The lowest BCUT2D eigenvalue weighted by atomic mass is 9.77. The van der Waals surface area contributed by atoms with E-state index in [1.54, 1.807) is 0 Å². The largest absolute Gasteiger partial charge is 0.530 e. The first-order valence-electron chi connectivity index (χ1n) is 36.0. The van der Waals surface area contributed by atoms with Crippen LogP contribution in [0.25, 0.3) is 0 Å². The summed E-state index contributed by atoms with van der Waals surface area (Å²) in [6, 6.07) is 37.0. The molecule has 0 aliphatic carbocycles. The third kappa shape index (κ3) is 20.0. The van der Waals surface area contributed by atoms with Crippen LogP contribution in [0.1, 0.15) is 301 Å². The van der Waals surface area contributed by atoms with Crippen molar-refractivity contribution in [2.45, 2.75) is 293 Å². The smallest absolute Gasteiger partial charge is 0.408 e. The van der Waals surface area contributed by atoms with Crippen LogP contribution in [-0.2, 0) is 69.6 Å². The van der Waals surface area contributed by atoms with Crippen LogP contribution in [0.5, 0.6) is 34.5 Å². The second kappa shape index (κ2) is 36.9. The molecule has 0 radical (unpaired) electrons. The first kappa shape index (κ1) is 69.9. The van der Waals surface area contributed by atoms with Crippen molar-refractivity contribution >= 4 is 17.2 Å². The predicted molar refractivity (Wildman–Crippen MR) is 380 cm³/mol. The molecule has 6 aromatic rings. The molecule has 0 saturated heterocycles. The maximum absolute atomic E-state index is 7.98. The van der Waals surface area contributed by atoms with Crippen LogP contribution in [0.15, 0.2) is 97.1 Å². The van der Waals surface area contributed by atoms with Gasteiger partial charge in [0.2, 0.25) is 0 Å². The summed E-state index contributed by atoms with van der Waals surface area (Å²) in [7, 11) is -4.36. The van der Waals surface area contributed by atoms with Gasteiger partial charge in [0, 0.05) is 29.4 Å².